The van der Waals surface area contributed by atoms with Gasteiger partial charge in [-0.3, -0.25) is 0 Å². The molecule has 0 aromatic heterocycles. The van der Waals surface area contributed by atoms with Crippen LogP contribution in [-0.4, -0.2) is 11.9 Å². The predicted octanol–water partition coefficient (Wildman–Crippen LogP) is 1.63. The molecule has 0 fully saturated rings. The fourth-order valence-corrected chi connectivity index (χ4v) is 1.71. The Morgan fingerprint density at radius 1 is 1.31 bits per heavy atom. The topological polar surface area (TPSA) is 103 Å². The molecule has 1 rings (SSSR count). The lowest BCUT2D eigenvalue weighted by Gasteiger charge is -2.03. The Kier molecular flexibility index (Phi) is 4.14. The number of hydrogen-bond donors (Lipinski definition) is 3. The van der Waals surface area contributed by atoms with Gasteiger partial charge in [-0.25, -0.2) is 4.99 Å². The van der Waals surface area contributed by atoms with Crippen molar-refractivity contribution in [1.29, 1.82) is 0 Å². The van der Waals surface area contributed by atoms with Gasteiger partial charge in [-0.15, -0.1) is 0 Å². The van der Waals surface area contributed by atoms with Crippen LogP contribution in [-0.2, 0) is 0 Å². The van der Waals surface area contributed by atoms with Crippen LogP contribution in [0, 0.1) is 6.92 Å². The molecule has 86 valence electrons. The Morgan fingerprint density at radius 2 is 1.94 bits per heavy atom. The highest BCUT2D eigenvalue weighted by Gasteiger charge is 2.03. The number of guanidine groups is 2. The number of nitrogens with two attached hydrogens (primary N) is 3. The van der Waals surface area contributed by atoms with Crippen LogP contribution in [0.2, 0.25) is 5.02 Å². The highest BCUT2D eigenvalue weighted by molar-refractivity contribution is 9.10. The van der Waals surface area contributed by atoms with E-state index in [1.54, 1.807) is 6.07 Å². The summed E-state index contributed by atoms with van der Waals surface area (Å²) >= 11 is 9.30. The van der Waals surface area contributed by atoms with Crippen LogP contribution >= 0.6 is 27.5 Å². The number of halogens is 2. The number of nitrogens with zero attached hydrogens (tertiary/aromatic N) is 2. The molecule has 1 aromatic rings. The summed E-state index contributed by atoms with van der Waals surface area (Å²) in [5.41, 5.74) is 17.3. The minimum Gasteiger partial charge on any atom is -0.370 e. The molecular formula is C9H11BrClN5. The van der Waals surface area contributed by atoms with Crippen LogP contribution in [0.3, 0.4) is 0 Å². The highest BCUT2D eigenvalue weighted by Crippen LogP contribution is 2.31. The SMILES string of the molecule is Cc1cc(Br)c(N=C(N)N=C(N)N)cc1Cl. The maximum atomic E-state index is 5.96. The maximum Gasteiger partial charge on any atom is 0.223 e. The zero-order valence-electron chi connectivity index (χ0n) is 8.54. The third kappa shape index (κ3) is 3.39. The van der Waals surface area contributed by atoms with Crippen molar-refractivity contribution in [3.8, 4) is 0 Å². The molecule has 0 atom stereocenters. The van der Waals surface area contributed by atoms with Crippen LogP contribution in [0.4, 0.5) is 5.69 Å². The largest absolute Gasteiger partial charge is 0.370 e. The third-order valence-corrected chi connectivity index (χ3v) is 2.75. The number of aliphatic imine (C=N–C) groups is 2. The number of aryl methyl sites for hydroxylation is 1. The molecule has 0 amide bonds. The van der Waals surface area contributed by atoms with Crippen molar-refractivity contribution in [3.63, 3.8) is 0 Å². The first-order chi connectivity index (χ1) is 7.40. The molecular weight excluding hydrogens is 293 g/mol. The molecule has 0 aliphatic heterocycles. The second-order valence-corrected chi connectivity index (χ2v) is 4.32. The molecule has 0 bridgehead atoms. The Balaban J connectivity index is 3.15. The summed E-state index contributed by atoms with van der Waals surface area (Å²) in [5, 5.41) is 0.597. The van der Waals surface area contributed by atoms with Gasteiger partial charge in [-0.1, -0.05) is 11.6 Å². The van der Waals surface area contributed by atoms with E-state index in [4.69, 9.17) is 28.8 Å². The lowest BCUT2D eigenvalue weighted by Crippen LogP contribution is -2.26. The van der Waals surface area contributed by atoms with Gasteiger partial charge in [-0.05, 0) is 40.5 Å². The first-order valence-corrected chi connectivity index (χ1v) is 5.46. The molecule has 0 saturated carbocycles. The minimum absolute atomic E-state index is 0.0272. The molecule has 0 heterocycles. The van der Waals surface area contributed by atoms with Crippen molar-refractivity contribution in [2.24, 2.45) is 27.2 Å². The number of hydrogen-bond acceptors (Lipinski definition) is 1. The lowest BCUT2D eigenvalue weighted by atomic mass is 10.2. The van der Waals surface area contributed by atoms with Gasteiger partial charge in [-0.2, -0.15) is 4.99 Å². The molecule has 0 aliphatic rings. The van der Waals surface area contributed by atoms with E-state index in [0.29, 0.717) is 10.7 Å². The second-order valence-electron chi connectivity index (χ2n) is 3.06. The normalized spacial score (nSPS) is 11.3. The van der Waals surface area contributed by atoms with Crippen LogP contribution in [0.15, 0.2) is 26.6 Å². The van der Waals surface area contributed by atoms with E-state index in [-0.39, 0.29) is 11.9 Å². The molecule has 0 unspecified atom stereocenters. The average molecular weight is 305 g/mol. The van der Waals surface area contributed by atoms with Crippen molar-refractivity contribution in [2.45, 2.75) is 6.92 Å². The van der Waals surface area contributed by atoms with Gasteiger partial charge in [0.15, 0.2) is 5.96 Å². The summed E-state index contributed by atoms with van der Waals surface area (Å²) in [6, 6.07) is 3.51. The van der Waals surface area contributed by atoms with Gasteiger partial charge in [0, 0.05) is 9.50 Å². The third-order valence-electron chi connectivity index (χ3n) is 1.71. The zero-order chi connectivity index (χ0) is 12.3. The van der Waals surface area contributed by atoms with Crippen molar-refractivity contribution < 1.29 is 0 Å². The molecule has 0 radical (unpaired) electrons. The Bertz CT molecular complexity index is 465. The summed E-state index contributed by atoms with van der Waals surface area (Å²) in [7, 11) is 0. The molecule has 0 aliphatic carbocycles. The molecule has 6 N–H and O–H groups in total. The lowest BCUT2D eigenvalue weighted by molar-refractivity contribution is 1.35. The van der Waals surface area contributed by atoms with Crippen LogP contribution in [0.5, 0.6) is 0 Å². The van der Waals surface area contributed by atoms with E-state index in [2.05, 4.69) is 25.9 Å². The number of rotatable bonds is 1. The molecule has 1 aromatic carbocycles. The molecule has 16 heavy (non-hydrogen) atoms. The second kappa shape index (κ2) is 5.18. The summed E-state index contributed by atoms with van der Waals surface area (Å²) in [5.74, 6) is -0.170. The quantitative estimate of drug-likeness (QED) is 0.542. The molecule has 7 heteroatoms. The highest BCUT2D eigenvalue weighted by atomic mass is 79.9. The minimum atomic E-state index is -0.143. The molecule has 5 nitrogen and oxygen atoms in total. The molecule has 0 spiro atoms. The van der Waals surface area contributed by atoms with Gasteiger partial charge in [0.2, 0.25) is 5.96 Å². The Morgan fingerprint density at radius 3 is 2.50 bits per heavy atom. The van der Waals surface area contributed by atoms with Crippen LogP contribution < -0.4 is 17.2 Å². The number of benzene rings is 1. The molecule has 0 saturated heterocycles. The monoisotopic (exact) mass is 303 g/mol. The van der Waals surface area contributed by atoms with E-state index in [9.17, 15) is 0 Å². The average Bonchev–Trinajstić information content (AvgIpc) is 2.12. The van der Waals surface area contributed by atoms with Gasteiger partial charge in [0.25, 0.3) is 0 Å². The fourth-order valence-electron chi connectivity index (χ4n) is 1.00. The van der Waals surface area contributed by atoms with E-state index >= 15 is 0 Å². The summed E-state index contributed by atoms with van der Waals surface area (Å²) in [4.78, 5) is 7.62. The van der Waals surface area contributed by atoms with Gasteiger partial charge < -0.3 is 17.2 Å². The van der Waals surface area contributed by atoms with Gasteiger partial charge in [0.05, 0.1) is 5.69 Å². The predicted molar refractivity (Wildman–Crippen MR) is 71.0 cm³/mol. The van der Waals surface area contributed by atoms with E-state index < -0.39 is 0 Å². The summed E-state index contributed by atoms with van der Waals surface area (Å²) in [6.45, 7) is 1.89. The van der Waals surface area contributed by atoms with Crippen LogP contribution in [0.1, 0.15) is 5.56 Å². The summed E-state index contributed by atoms with van der Waals surface area (Å²) in [6.07, 6.45) is 0. The summed E-state index contributed by atoms with van der Waals surface area (Å²) < 4.78 is 0.767. The van der Waals surface area contributed by atoms with E-state index in [0.717, 1.165) is 10.0 Å². The zero-order valence-corrected chi connectivity index (χ0v) is 10.9. The van der Waals surface area contributed by atoms with Crippen LogP contribution in [0.25, 0.3) is 0 Å². The van der Waals surface area contributed by atoms with E-state index in [1.165, 1.54) is 0 Å². The Hall–Kier alpha value is -1.27. The van der Waals surface area contributed by atoms with E-state index in [1.807, 2.05) is 13.0 Å². The Labute approximate surface area is 107 Å². The fraction of sp³-hybridized carbons (Fsp3) is 0.111. The smallest absolute Gasteiger partial charge is 0.223 e. The van der Waals surface area contributed by atoms with Crippen molar-refractivity contribution in [1.82, 2.24) is 0 Å². The van der Waals surface area contributed by atoms with Gasteiger partial charge in [0.1, 0.15) is 0 Å². The maximum absolute atomic E-state index is 5.96. The first kappa shape index (κ1) is 12.8. The first-order valence-electron chi connectivity index (χ1n) is 4.29. The van der Waals surface area contributed by atoms with Crippen molar-refractivity contribution in [2.75, 3.05) is 0 Å². The standard InChI is InChI=1S/C9H11BrClN5/c1-4-2-5(10)7(3-6(4)11)15-9(14)16-8(12)13/h2-3H,1H3,(H6,12,13,14,15,16). The van der Waals surface area contributed by atoms with Crippen molar-refractivity contribution in [3.05, 3.63) is 27.2 Å². The van der Waals surface area contributed by atoms with Crippen molar-refractivity contribution >= 4 is 45.1 Å². The van der Waals surface area contributed by atoms with Gasteiger partial charge >= 0.3 is 0 Å².